The first-order valence-electron chi connectivity index (χ1n) is 6.09. The summed E-state index contributed by atoms with van der Waals surface area (Å²) in [6.07, 6.45) is 0.293. The molecule has 0 aromatic heterocycles. The molecule has 0 aliphatic rings. The summed E-state index contributed by atoms with van der Waals surface area (Å²) in [6, 6.07) is 0. The zero-order valence-electron chi connectivity index (χ0n) is 11.5. The second-order valence-electron chi connectivity index (χ2n) is 3.67. The molecule has 0 rings (SSSR count). The molecule has 0 unspecified atom stereocenters. The van der Waals surface area contributed by atoms with Crippen molar-refractivity contribution in [1.82, 2.24) is 0 Å². The largest absolute Gasteiger partial charge is 0.466 e. The average Bonchev–Trinajstić information content (AvgIpc) is 2.33. The molecule has 0 aliphatic heterocycles. The molecule has 0 radical (unpaired) electrons. The van der Waals surface area contributed by atoms with Crippen molar-refractivity contribution in [2.24, 2.45) is 5.92 Å². The van der Waals surface area contributed by atoms with Gasteiger partial charge in [0.05, 0.1) is 13.2 Å². The molecule has 0 amide bonds. The summed E-state index contributed by atoms with van der Waals surface area (Å²) in [6.45, 7) is 8.23. The Morgan fingerprint density at radius 1 is 1.11 bits per heavy atom. The molecule has 0 N–H and O–H groups in total. The fourth-order valence-corrected chi connectivity index (χ4v) is 1.47. The highest BCUT2D eigenvalue weighted by atomic mass is 16.6. The van der Waals surface area contributed by atoms with Crippen LogP contribution >= 0.6 is 0 Å². The Hall–Kier alpha value is -1.85. The van der Waals surface area contributed by atoms with Gasteiger partial charge in [0.15, 0.2) is 0 Å². The molecular formula is C13H20O6. The Balaban J connectivity index is 5.10. The smallest absolute Gasteiger partial charge is 0.348 e. The molecule has 0 saturated carbocycles. The van der Waals surface area contributed by atoms with E-state index < -0.39 is 29.9 Å². The molecule has 0 spiro atoms. The van der Waals surface area contributed by atoms with E-state index in [0.717, 1.165) is 6.92 Å². The third kappa shape index (κ3) is 6.03. The monoisotopic (exact) mass is 272 g/mol. The summed E-state index contributed by atoms with van der Waals surface area (Å²) in [7, 11) is 0. The second-order valence-corrected chi connectivity index (χ2v) is 3.67. The van der Waals surface area contributed by atoms with Gasteiger partial charge in [0.2, 0.25) is 6.10 Å². The molecule has 0 saturated heterocycles. The van der Waals surface area contributed by atoms with Crippen LogP contribution in [0.25, 0.3) is 0 Å². The first-order valence-corrected chi connectivity index (χ1v) is 6.09. The van der Waals surface area contributed by atoms with Crippen LogP contribution in [-0.4, -0.2) is 37.2 Å². The van der Waals surface area contributed by atoms with E-state index in [1.165, 1.54) is 6.08 Å². The number of esters is 3. The van der Waals surface area contributed by atoms with Crippen molar-refractivity contribution < 1.29 is 28.6 Å². The molecule has 0 bridgehead atoms. The number of carbonyl (C=O) groups is 3. The molecule has 0 fully saturated rings. The number of ether oxygens (including phenoxy) is 3. The van der Waals surface area contributed by atoms with Crippen molar-refractivity contribution in [1.29, 1.82) is 0 Å². The predicted octanol–water partition coefficient (Wildman–Crippen LogP) is 1.24. The Bertz CT molecular complexity index is 336. The van der Waals surface area contributed by atoms with Gasteiger partial charge < -0.3 is 14.2 Å². The minimum absolute atomic E-state index is 0.125. The zero-order valence-corrected chi connectivity index (χ0v) is 11.5. The number of allylic oxidation sites excluding steroid dienone is 1. The first kappa shape index (κ1) is 17.2. The van der Waals surface area contributed by atoms with Crippen LogP contribution in [0.4, 0.5) is 0 Å². The van der Waals surface area contributed by atoms with E-state index in [0.29, 0.717) is 0 Å². The van der Waals surface area contributed by atoms with Crippen LogP contribution in [0.2, 0.25) is 0 Å². The van der Waals surface area contributed by atoms with Crippen LogP contribution in [0.5, 0.6) is 0 Å². The summed E-state index contributed by atoms with van der Waals surface area (Å²) < 4.78 is 14.5. The Morgan fingerprint density at radius 3 is 2.05 bits per heavy atom. The molecule has 0 aromatic rings. The van der Waals surface area contributed by atoms with Gasteiger partial charge in [-0.1, -0.05) is 6.08 Å². The number of hydrogen-bond donors (Lipinski definition) is 0. The van der Waals surface area contributed by atoms with Crippen LogP contribution < -0.4 is 0 Å². The van der Waals surface area contributed by atoms with Gasteiger partial charge >= 0.3 is 17.9 Å². The number of carbonyl (C=O) groups excluding carboxylic acids is 3. The van der Waals surface area contributed by atoms with Gasteiger partial charge in [-0.2, -0.15) is 0 Å². The van der Waals surface area contributed by atoms with Crippen molar-refractivity contribution >= 4 is 17.9 Å². The maximum atomic E-state index is 11.8. The summed E-state index contributed by atoms with van der Waals surface area (Å²) in [4.78, 5) is 34.6. The molecule has 6 heteroatoms. The van der Waals surface area contributed by atoms with Crippen molar-refractivity contribution in [3.05, 3.63) is 12.7 Å². The van der Waals surface area contributed by atoms with Crippen LogP contribution in [0.15, 0.2) is 12.7 Å². The Labute approximate surface area is 112 Å². The van der Waals surface area contributed by atoms with Crippen molar-refractivity contribution in [3.63, 3.8) is 0 Å². The maximum Gasteiger partial charge on any atom is 0.348 e. The van der Waals surface area contributed by atoms with Crippen molar-refractivity contribution in [2.45, 2.75) is 33.3 Å². The Kier molecular flexibility index (Phi) is 8.24. The lowest BCUT2D eigenvalue weighted by Crippen LogP contribution is -2.40. The van der Waals surface area contributed by atoms with Gasteiger partial charge in [-0.3, -0.25) is 9.59 Å². The highest BCUT2D eigenvalue weighted by Crippen LogP contribution is 2.17. The van der Waals surface area contributed by atoms with Gasteiger partial charge in [-0.25, -0.2) is 4.79 Å². The quantitative estimate of drug-likeness (QED) is 0.376. The summed E-state index contributed by atoms with van der Waals surface area (Å²) in [5.41, 5.74) is 0. The van der Waals surface area contributed by atoms with E-state index in [1.807, 2.05) is 0 Å². The number of rotatable bonds is 8. The van der Waals surface area contributed by atoms with Crippen LogP contribution in [0.1, 0.15) is 27.2 Å². The van der Waals surface area contributed by atoms with E-state index in [2.05, 4.69) is 6.58 Å². The fraction of sp³-hybridized carbons (Fsp3) is 0.615. The molecular weight excluding hydrogens is 252 g/mol. The van der Waals surface area contributed by atoms with E-state index >= 15 is 0 Å². The van der Waals surface area contributed by atoms with Crippen molar-refractivity contribution in [2.75, 3.05) is 13.2 Å². The predicted molar refractivity (Wildman–Crippen MR) is 67.1 cm³/mol. The van der Waals surface area contributed by atoms with Gasteiger partial charge in [0.25, 0.3) is 0 Å². The molecule has 6 nitrogen and oxygen atoms in total. The van der Waals surface area contributed by atoms with Crippen LogP contribution in [-0.2, 0) is 28.6 Å². The highest BCUT2D eigenvalue weighted by Gasteiger charge is 2.37. The molecule has 0 aliphatic carbocycles. The van der Waals surface area contributed by atoms with Gasteiger partial charge in [-0.15, -0.1) is 6.58 Å². The molecule has 19 heavy (non-hydrogen) atoms. The minimum atomic E-state index is -1.31. The topological polar surface area (TPSA) is 78.9 Å². The van der Waals surface area contributed by atoms with Gasteiger partial charge in [0.1, 0.15) is 5.92 Å². The second kappa shape index (κ2) is 9.13. The summed E-state index contributed by atoms with van der Waals surface area (Å²) in [5, 5.41) is 0. The third-order valence-corrected chi connectivity index (χ3v) is 2.19. The lowest BCUT2D eigenvalue weighted by molar-refractivity contribution is -0.176. The molecule has 0 aromatic carbocycles. The zero-order chi connectivity index (χ0) is 14.8. The van der Waals surface area contributed by atoms with Gasteiger partial charge in [-0.05, 0) is 20.3 Å². The van der Waals surface area contributed by atoms with Crippen LogP contribution in [0, 0.1) is 5.92 Å². The third-order valence-electron chi connectivity index (χ3n) is 2.19. The van der Waals surface area contributed by atoms with E-state index in [9.17, 15) is 14.4 Å². The number of hydrogen-bond acceptors (Lipinski definition) is 6. The SMILES string of the molecule is C=CC[C@H](C(=O)OCC)[C@@H](OC(C)=O)C(=O)OCC. The lowest BCUT2D eigenvalue weighted by Gasteiger charge is -2.22. The highest BCUT2D eigenvalue weighted by molar-refractivity contribution is 5.86. The molecule has 108 valence electrons. The molecule has 0 heterocycles. The fourth-order valence-electron chi connectivity index (χ4n) is 1.47. The Morgan fingerprint density at radius 2 is 1.63 bits per heavy atom. The van der Waals surface area contributed by atoms with Gasteiger partial charge in [0, 0.05) is 6.92 Å². The molecule has 2 atom stereocenters. The van der Waals surface area contributed by atoms with E-state index in [-0.39, 0.29) is 19.6 Å². The lowest BCUT2D eigenvalue weighted by atomic mass is 9.98. The normalized spacial score (nSPS) is 13.0. The first-order chi connectivity index (χ1) is 8.97. The summed E-state index contributed by atoms with van der Waals surface area (Å²) in [5.74, 6) is -3.00. The maximum absolute atomic E-state index is 11.8. The average molecular weight is 272 g/mol. The van der Waals surface area contributed by atoms with E-state index in [4.69, 9.17) is 14.2 Å². The van der Waals surface area contributed by atoms with Crippen molar-refractivity contribution in [3.8, 4) is 0 Å². The van der Waals surface area contributed by atoms with Crippen LogP contribution in [0.3, 0.4) is 0 Å². The standard InChI is InChI=1S/C13H20O6/c1-5-8-10(12(15)17-6-2)11(19-9(4)14)13(16)18-7-3/h5,10-11H,1,6-8H2,2-4H3/t10-,11+/m0/s1. The minimum Gasteiger partial charge on any atom is -0.466 e. The summed E-state index contributed by atoms with van der Waals surface area (Å²) >= 11 is 0. The van der Waals surface area contributed by atoms with E-state index in [1.54, 1.807) is 13.8 Å².